The minimum atomic E-state index is 0.0279. The molecule has 0 saturated carbocycles. The maximum absolute atomic E-state index is 12.6. The minimum Gasteiger partial charge on any atom is -0.492 e. The van der Waals surface area contributed by atoms with Gasteiger partial charge in [0.25, 0.3) is 5.91 Å². The van der Waals surface area contributed by atoms with Gasteiger partial charge in [-0.15, -0.1) is 5.10 Å². The van der Waals surface area contributed by atoms with E-state index in [9.17, 15) is 4.79 Å². The van der Waals surface area contributed by atoms with Gasteiger partial charge in [0.15, 0.2) is 5.13 Å². The summed E-state index contributed by atoms with van der Waals surface area (Å²) in [5.74, 6) is 0.856. The lowest BCUT2D eigenvalue weighted by Crippen LogP contribution is -2.48. The Hall–Kier alpha value is -2.26. The number of aromatic nitrogens is 3. The topological polar surface area (TPSA) is 71.5 Å². The maximum Gasteiger partial charge on any atom is 0.267 e. The van der Waals surface area contributed by atoms with Gasteiger partial charge in [0.05, 0.1) is 17.0 Å². The van der Waals surface area contributed by atoms with E-state index in [-0.39, 0.29) is 5.91 Å². The van der Waals surface area contributed by atoms with Crippen LogP contribution in [0.4, 0.5) is 5.13 Å². The zero-order valence-corrected chi connectivity index (χ0v) is 16.3. The lowest BCUT2D eigenvalue weighted by molar-refractivity contribution is 0.0750. The van der Waals surface area contributed by atoms with E-state index < -0.39 is 0 Å². The number of carbonyl (C=O) groups excluding carboxylic acids is 1. The highest BCUT2D eigenvalue weighted by Gasteiger charge is 2.26. The molecule has 9 heteroatoms. The summed E-state index contributed by atoms with van der Waals surface area (Å²) in [6.07, 6.45) is 0. The Morgan fingerprint density at radius 3 is 2.77 bits per heavy atom. The number of amides is 1. The second-order valence-electron chi connectivity index (χ2n) is 6.00. The van der Waals surface area contributed by atoms with E-state index in [1.54, 1.807) is 11.3 Å². The number of para-hydroxylation sites is 1. The van der Waals surface area contributed by atoms with Crippen LogP contribution in [0.5, 0.6) is 5.75 Å². The van der Waals surface area contributed by atoms with E-state index in [0.29, 0.717) is 30.3 Å². The van der Waals surface area contributed by atoms with Crippen molar-refractivity contribution in [3.05, 3.63) is 28.8 Å². The molecule has 1 saturated heterocycles. The van der Waals surface area contributed by atoms with E-state index in [4.69, 9.17) is 9.72 Å². The number of rotatable bonds is 4. The smallest absolute Gasteiger partial charge is 0.267 e. The quantitative estimate of drug-likeness (QED) is 0.683. The molecular weight excluding hydrogens is 370 g/mol. The van der Waals surface area contributed by atoms with Gasteiger partial charge in [-0.1, -0.05) is 21.9 Å². The number of carbonyl (C=O) groups is 1. The monoisotopic (exact) mass is 389 g/mol. The van der Waals surface area contributed by atoms with Crippen LogP contribution in [0.2, 0.25) is 0 Å². The fourth-order valence-electron chi connectivity index (χ4n) is 2.99. The van der Waals surface area contributed by atoms with Crippen molar-refractivity contribution < 1.29 is 9.53 Å². The molecule has 0 N–H and O–H groups in total. The molecule has 1 amide bonds. The van der Waals surface area contributed by atoms with Crippen LogP contribution in [0.1, 0.15) is 22.3 Å². The average molecular weight is 390 g/mol. The maximum atomic E-state index is 12.6. The van der Waals surface area contributed by atoms with Crippen LogP contribution in [-0.2, 0) is 0 Å². The zero-order valence-electron chi connectivity index (χ0n) is 14.6. The summed E-state index contributed by atoms with van der Waals surface area (Å²) in [6.45, 7) is 7.29. The molecule has 1 fully saturated rings. The van der Waals surface area contributed by atoms with E-state index >= 15 is 0 Å². The van der Waals surface area contributed by atoms with Gasteiger partial charge in [-0.2, -0.15) is 0 Å². The van der Waals surface area contributed by atoms with Gasteiger partial charge in [0.1, 0.15) is 16.1 Å². The second-order valence-corrected chi connectivity index (χ2v) is 7.76. The van der Waals surface area contributed by atoms with Crippen LogP contribution in [0.25, 0.3) is 10.2 Å². The molecule has 0 radical (unpaired) electrons. The van der Waals surface area contributed by atoms with Gasteiger partial charge < -0.3 is 14.5 Å². The van der Waals surface area contributed by atoms with Crippen LogP contribution in [0, 0.1) is 6.92 Å². The second kappa shape index (κ2) is 7.16. The fraction of sp³-hybridized carbons (Fsp3) is 0.412. The van der Waals surface area contributed by atoms with E-state index in [1.807, 2.05) is 30.9 Å². The Morgan fingerprint density at radius 1 is 1.27 bits per heavy atom. The first-order valence-corrected chi connectivity index (χ1v) is 10.1. The summed E-state index contributed by atoms with van der Waals surface area (Å²) < 4.78 is 10.7. The third kappa shape index (κ3) is 3.12. The van der Waals surface area contributed by atoms with Crippen molar-refractivity contribution in [1.29, 1.82) is 0 Å². The lowest BCUT2D eigenvalue weighted by Gasteiger charge is -2.34. The number of aryl methyl sites for hydroxylation is 1. The molecule has 136 valence electrons. The summed E-state index contributed by atoms with van der Waals surface area (Å²) in [5.41, 5.74) is 1.62. The molecule has 26 heavy (non-hydrogen) atoms. The predicted molar refractivity (Wildman–Crippen MR) is 104 cm³/mol. The third-order valence-corrected chi connectivity index (χ3v) is 6.25. The molecule has 2 aromatic heterocycles. The van der Waals surface area contributed by atoms with Crippen LogP contribution >= 0.6 is 22.9 Å². The number of ether oxygens (including phenoxy) is 1. The number of anilines is 1. The fourth-order valence-corrected chi connectivity index (χ4v) is 4.65. The van der Waals surface area contributed by atoms with Gasteiger partial charge in [0.2, 0.25) is 0 Å². The van der Waals surface area contributed by atoms with Crippen molar-refractivity contribution in [2.24, 2.45) is 0 Å². The van der Waals surface area contributed by atoms with Crippen molar-refractivity contribution in [1.82, 2.24) is 19.5 Å². The van der Waals surface area contributed by atoms with Gasteiger partial charge >= 0.3 is 0 Å². The standard InChI is InChI=1S/C17H19N5O2S2/c1-3-24-12-5-4-6-13-14(12)18-17(25-13)22-9-7-21(8-10-22)16(23)15-11(2)19-20-26-15/h4-6H,3,7-10H2,1-2H3. The first-order chi connectivity index (χ1) is 12.7. The number of hydrogen-bond acceptors (Lipinski definition) is 8. The van der Waals surface area contributed by atoms with E-state index in [2.05, 4.69) is 20.6 Å². The average Bonchev–Trinajstić information content (AvgIpc) is 3.28. The van der Waals surface area contributed by atoms with E-state index in [1.165, 1.54) is 11.5 Å². The summed E-state index contributed by atoms with van der Waals surface area (Å²) in [5, 5.41) is 4.91. The lowest BCUT2D eigenvalue weighted by atomic mass is 10.3. The summed E-state index contributed by atoms with van der Waals surface area (Å²) in [4.78, 5) is 22.1. The largest absolute Gasteiger partial charge is 0.492 e. The summed E-state index contributed by atoms with van der Waals surface area (Å²) >= 11 is 2.83. The normalized spacial score (nSPS) is 14.8. The highest BCUT2D eigenvalue weighted by Crippen LogP contribution is 2.34. The Balaban J connectivity index is 1.48. The van der Waals surface area contributed by atoms with Gasteiger partial charge in [-0.3, -0.25) is 4.79 Å². The van der Waals surface area contributed by atoms with Gasteiger partial charge in [0, 0.05) is 26.2 Å². The zero-order chi connectivity index (χ0) is 18.1. The Kier molecular flexibility index (Phi) is 4.73. The van der Waals surface area contributed by atoms with Gasteiger partial charge in [-0.25, -0.2) is 4.98 Å². The molecule has 3 heterocycles. The summed E-state index contributed by atoms with van der Waals surface area (Å²) in [7, 11) is 0. The van der Waals surface area contributed by atoms with Crippen molar-refractivity contribution in [2.75, 3.05) is 37.7 Å². The molecule has 0 bridgehead atoms. The van der Waals surface area contributed by atoms with Crippen LogP contribution < -0.4 is 9.64 Å². The molecule has 0 spiro atoms. The minimum absolute atomic E-state index is 0.0279. The van der Waals surface area contributed by atoms with Crippen LogP contribution in [0.15, 0.2) is 18.2 Å². The highest BCUT2D eigenvalue weighted by atomic mass is 32.1. The first kappa shape index (κ1) is 17.2. The number of hydrogen-bond donors (Lipinski definition) is 0. The molecule has 0 unspecified atom stereocenters. The number of piperazine rings is 1. The third-order valence-electron chi connectivity index (χ3n) is 4.35. The SMILES string of the molecule is CCOc1cccc2sc(N3CCN(C(=O)c4snnc4C)CC3)nc12. The molecule has 3 aromatic rings. The molecule has 1 aliphatic rings. The molecule has 7 nitrogen and oxygen atoms in total. The molecular formula is C17H19N5O2S2. The molecule has 0 aliphatic carbocycles. The Labute approximate surface area is 159 Å². The van der Waals surface area contributed by atoms with Gasteiger partial charge in [-0.05, 0) is 37.5 Å². The molecule has 1 aliphatic heterocycles. The predicted octanol–water partition coefficient (Wildman–Crippen LogP) is 2.82. The number of nitrogens with zero attached hydrogens (tertiary/aromatic N) is 5. The van der Waals surface area contributed by atoms with Crippen LogP contribution in [-0.4, -0.2) is 58.2 Å². The van der Waals surface area contributed by atoms with Crippen molar-refractivity contribution in [3.8, 4) is 5.75 Å². The molecule has 1 aromatic carbocycles. The first-order valence-electron chi connectivity index (χ1n) is 8.53. The Bertz CT molecular complexity index is 930. The molecule has 4 rings (SSSR count). The van der Waals surface area contributed by atoms with Crippen molar-refractivity contribution in [2.45, 2.75) is 13.8 Å². The number of fused-ring (bicyclic) bond motifs is 1. The number of benzene rings is 1. The highest BCUT2D eigenvalue weighted by molar-refractivity contribution is 7.22. The molecule has 0 atom stereocenters. The summed E-state index contributed by atoms with van der Waals surface area (Å²) in [6, 6.07) is 6.02. The van der Waals surface area contributed by atoms with Crippen LogP contribution in [0.3, 0.4) is 0 Å². The van der Waals surface area contributed by atoms with Crippen molar-refractivity contribution in [3.63, 3.8) is 0 Å². The Morgan fingerprint density at radius 2 is 2.08 bits per heavy atom. The van der Waals surface area contributed by atoms with Crippen molar-refractivity contribution >= 4 is 44.1 Å². The van der Waals surface area contributed by atoms with E-state index in [0.717, 1.165) is 34.2 Å². The number of thiazole rings is 1.